The second kappa shape index (κ2) is 10.6. The van der Waals surface area contributed by atoms with Crippen LogP contribution in [0.5, 0.6) is 0 Å². The second-order valence-corrected chi connectivity index (χ2v) is 7.57. The van der Waals surface area contributed by atoms with E-state index in [2.05, 4.69) is 23.2 Å². The molecule has 108 valence electrons. The maximum atomic E-state index is 9.94. The van der Waals surface area contributed by atoms with Crippen molar-refractivity contribution in [2.24, 2.45) is 0 Å². The zero-order valence-electron chi connectivity index (χ0n) is 5.81. The Kier molecular flexibility index (Phi) is 22.1. The van der Waals surface area contributed by atoms with E-state index in [1.807, 2.05) is 0 Å². The summed E-state index contributed by atoms with van der Waals surface area (Å²) in [7, 11) is -11.7. The molecule has 0 atom stereocenters. The minimum absolute atomic E-state index is 0. The molecule has 0 heterocycles. The zero-order chi connectivity index (χ0) is 9.50. The Morgan fingerprint density at radius 1 is 0.733 bits per heavy atom. The molecule has 0 aliphatic carbocycles. The van der Waals surface area contributed by atoms with Crippen molar-refractivity contribution in [3.63, 3.8) is 0 Å². The largest absolute Gasteiger partial charge is 1.00 e. The standard InChI is InChI=1S/CH4Cl2O6P2.4Ag/c2-1(3,10(4,5)6)11(7,8)9;;;;/h(H2,4,5,6)(H2,7,8,9);;;;/q;4*+1/p-4. The van der Waals surface area contributed by atoms with E-state index >= 15 is 0 Å². The van der Waals surface area contributed by atoms with Crippen molar-refractivity contribution in [1.82, 2.24) is 0 Å². The Morgan fingerprint density at radius 2 is 0.867 bits per heavy atom. The van der Waals surface area contributed by atoms with Crippen LogP contribution in [-0.4, -0.2) is 3.82 Å². The smallest absolute Gasteiger partial charge is 0.808 e. The van der Waals surface area contributed by atoms with Gasteiger partial charge >= 0.3 is 89.5 Å². The van der Waals surface area contributed by atoms with Crippen LogP contribution in [0.3, 0.4) is 0 Å². The summed E-state index contributed by atoms with van der Waals surface area (Å²) < 4.78 is 16.1. The van der Waals surface area contributed by atoms with Gasteiger partial charge in [-0.1, -0.05) is 23.2 Å². The van der Waals surface area contributed by atoms with Crippen LogP contribution in [-0.2, 0) is 98.7 Å². The fraction of sp³-hybridized carbons (Fsp3) is 1.00. The molecule has 0 rings (SSSR count). The van der Waals surface area contributed by atoms with Crippen molar-refractivity contribution in [3.8, 4) is 0 Å². The van der Waals surface area contributed by atoms with Crippen molar-refractivity contribution in [1.29, 1.82) is 0 Å². The van der Waals surface area contributed by atoms with Gasteiger partial charge in [-0.2, -0.15) is 0 Å². The fourth-order valence-electron chi connectivity index (χ4n) is 0.150. The third-order valence-electron chi connectivity index (χ3n) is 0.659. The van der Waals surface area contributed by atoms with Crippen LogP contribution in [0.4, 0.5) is 0 Å². The van der Waals surface area contributed by atoms with Gasteiger partial charge in [0, 0.05) is 0 Å². The molecular formula is CAg4Cl2O6P2. The second-order valence-electron chi connectivity index (χ2n) is 1.50. The molecule has 6 nitrogen and oxygen atoms in total. The average molecular weight is 672 g/mol. The van der Waals surface area contributed by atoms with Crippen molar-refractivity contribution in [2.75, 3.05) is 0 Å². The van der Waals surface area contributed by atoms with E-state index in [-0.39, 0.29) is 89.5 Å². The first kappa shape index (κ1) is 31.3. The number of rotatable bonds is 2. The van der Waals surface area contributed by atoms with E-state index in [0.29, 0.717) is 0 Å². The Labute approximate surface area is 158 Å². The maximum absolute atomic E-state index is 9.94. The predicted octanol–water partition coefficient (Wildman–Crippen LogP) is -2.11. The van der Waals surface area contributed by atoms with Gasteiger partial charge < -0.3 is 28.7 Å². The van der Waals surface area contributed by atoms with Gasteiger partial charge in [0.25, 0.3) is 0 Å². The Morgan fingerprint density at radius 3 is 0.867 bits per heavy atom. The van der Waals surface area contributed by atoms with E-state index in [4.69, 9.17) is 0 Å². The van der Waals surface area contributed by atoms with Crippen molar-refractivity contribution in [2.45, 2.75) is 3.82 Å². The van der Waals surface area contributed by atoms with Gasteiger partial charge in [0.1, 0.15) is 0 Å². The number of hydrogen-bond donors (Lipinski definition) is 0. The van der Waals surface area contributed by atoms with E-state index < -0.39 is 19.0 Å². The van der Waals surface area contributed by atoms with Gasteiger partial charge in [0.05, 0.1) is 0 Å². The maximum Gasteiger partial charge on any atom is 1.00 e. The van der Waals surface area contributed by atoms with Gasteiger partial charge in [0.2, 0.25) is 0 Å². The molecule has 0 amide bonds. The molecule has 0 aliphatic rings. The quantitative estimate of drug-likeness (QED) is 0.188. The third-order valence-corrected chi connectivity index (χ3v) is 5.93. The van der Waals surface area contributed by atoms with E-state index in [0.717, 1.165) is 0 Å². The summed E-state index contributed by atoms with van der Waals surface area (Å²) in [6.07, 6.45) is 0. The number of alkyl halides is 2. The van der Waals surface area contributed by atoms with Crippen LogP contribution < -0.4 is 19.6 Å². The number of hydrogen-bond acceptors (Lipinski definition) is 6. The fourth-order valence-corrected chi connectivity index (χ4v) is 1.35. The summed E-state index contributed by atoms with van der Waals surface area (Å²) in [6.45, 7) is 0. The van der Waals surface area contributed by atoms with Crippen LogP contribution in [0.15, 0.2) is 0 Å². The molecule has 0 fully saturated rings. The van der Waals surface area contributed by atoms with E-state index in [1.54, 1.807) is 0 Å². The predicted molar refractivity (Wildman–Crippen MR) is 29.7 cm³/mol. The molecule has 0 aromatic rings. The zero-order valence-corrected chi connectivity index (χ0v) is 15.0. The topological polar surface area (TPSA) is 126 Å². The number of halogens is 2. The minimum Gasteiger partial charge on any atom is -0.808 e. The normalized spacial score (nSPS) is 11.1. The monoisotopic (exact) mass is 667 g/mol. The average Bonchev–Trinajstić information content (AvgIpc) is 1.58. The molecule has 0 unspecified atom stereocenters. The van der Waals surface area contributed by atoms with Crippen LogP contribution in [0.2, 0.25) is 0 Å². The van der Waals surface area contributed by atoms with Crippen LogP contribution in [0.25, 0.3) is 0 Å². The Bertz CT molecular complexity index is 224. The summed E-state index contributed by atoms with van der Waals surface area (Å²) in [5.41, 5.74) is 0. The molecule has 0 aromatic carbocycles. The van der Waals surface area contributed by atoms with Gasteiger partial charge in [-0.25, -0.2) is 0 Å². The molecule has 0 N–H and O–H groups in total. The molecule has 15 heavy (non-hydrogen) atoms. The molecule has 0 saturated heterocycles. The van der Waals surface area contributed by atoms with E-state index in [1.165, 1.54) is 0 Å². The molecule has 0 aliphatic heterocycles. The van der Waals surface area contributed by atoms with Gasteiger partial charge in [0.15, 0.2) is 3.82 Å². The van der Waals surface area contributed by atoms with Crippen molar-refractivity contribution < 1.29 is 118 Å². The molecular weight excluding hydrogens is 672 g/mol. The van der Waals surface area contributed by atoms with Crippen LogP contribution >= 0.6 is 38.4 Å². The molecule has 14 heteroatoms. The van der Waals surface area contributed by atoms with Crippen LogP contribution in [0.1, 0.15) is 0 Å². The molecule has 0 aromatic heterocycles. The van der Waals surface area contributed by atoms with E-state index in [9.17, 15) is 28.7 Å². The molecule has 0 spiro atoms. The van der Waals surface area contributed by atoms with Gasteiger partial charge in [-0.3, -0.25) is 0 Å². The summed E-state index contributed by atoms with van der Waals surface area (Å²) >= 11 is 8.96. The Hall–Kier alpha value is 3.84. The minimum atomic E-state index is -5.85. The summed E-state index contributed by atoms with van der Waals surface area (Å²) in [4.78, 5) is 39.7. The first-order valence-corrected chi connectivity index (χ1v) is 5.76. The SMILES string of the molecule is O=P([O-])([O-])C(Cl)(Cl)P(=O)([O-])[O-].[Ag+].[Ag+].[Ag+].[Ag+]. The van der Waals surface area contributed by atoms with Gasteiger partial charge in [-0.15, -0.1) is 0 Å². The Balaban J connectivity index is -0.0000000833. The first-order chi connectivity index (χ1) is 4.50. The van der Waals surface area contributed by atoms with Crippen molar-refractivity contribution in [3.05, 3.63) is 0 Å². The first-order valence-electron chi connectivity index (χ1n) is 1.92. The van der Waals surface area contributed by atoms with Crippen molar-refractivity contribution >= 4 is 38.4 Å². The molecule has 0 bridgehead atoms. The molecule has 0 saturated carbocycles. The summed E-state index contributed by atoms with van der Waals surface area (Å²) in [5.74, 6) is 0. The summed E-state index contributed by atoms with van der Waals surface area (Å²) in [6, 6.07) is 0. The molecule has 0 radical (unpaired) electrons. The summed E-state index contributed by atoms with van der Waals surface area (Å²) in [5, 5.41) is 0. The van der Waals surface area contributed by atoms with Gasteiger partial charge in [-0.05, 0) is 15.2 Å². The third kappa shape index (κ3) is 9.39. The van der Waals surface area contributed by atoms with Crippen LogP contribution in [0, 0.1) is 0 Å².